The standard InChI is InChI=1S/C31H41ClN3O5SSi/c32-27-12-6-9-24(19-27)21-40-31(39)33-41-28(20-23-7-2-1-3-8-23)30(38)34-42(22-36)18-15-29(37)35-16-13-25-10-4-5-11-26(25)14-17-35/h4-6,9-12,19,23,28,36H,1-3,7-8,13-18,20-22H2,(H,33,39)(H,34,38)/t28-/m0/s1. The number of aliphatic hydroxyl groups excluding tert-OH is 1. The van der Waals surface area contributed by atoms with Gasteiger partial charge in [-0.15, -0.1) is 0 Å². The lowest BCUT2D eigenvalue weighted by atomic mass is 9.86. The fraction of sp³-hybridized carbons (Fsp3) is 0.516. The average Bonchev–Trinajstić information content (AvgIpc) is 3.23. The summed E-state index contributed by atoms with van der Waals surface area (Å²) in [4.78, 5) is 43.8. The van der Waals surface area contributed by atoms with Gasteiger partial charge in [0.25, 0.3) is 0 Å². The lowest BCUT2D eigenvalue weighted by Crippen LogP contribution is -2.47. The largest absolute Gasteiger partial charge is 0.444 e. The summed E-state index contributed by atoms with van der Waals surface area (Å²) >= 11 is 7.07. The number of nitrogens with zero attached hydrogens (tertiary/aromatic N) is 1. The van der Waals surface area contributed by atoms with Crippen LogP contribution < -0.4 is 9.70 Å². The highest BCUT2D eigenvalue weighted by atomic mass is 35.5. The van der Waals surface area contributed by atoms with Crippen LogP contribution in [0.3, 0.4) is 0 Å². The second kappa shape index (κ2) is 16.9. The van der Waals surface area contributed by atoms with Crippen molar-refractivity contribution in [2.75, 3.05) is 19.3 Å². The average molecular weight is 631 g/mol. The Labute approximate surface area is 259 Å². The third-order valence-electron chi connectivity index (χ3n) is 8.01. The summed E-state index contributed by atoms with van der Waals surface area (Å²) in [5.74, 6) is 0.261. The van der Waals surface area contributed by atoms with E-state index < -0.39 is 20.3 Å². The van der Waals surface area contributed by atoms with E-state index in [0.717, 1.165) is 56.0 Å². The molecule has 3 amide bonds. The molecule has 3 N–H and O–H groups in total. The SMILES string of the molecule is O=C(NS[C@@H](CC1CCCCC1)C(=O)N[Si](CO)CCC(=O)N1CCc2ccccc2CC1)OCc1cccc(Cl)c1. The summed E-state index contributed by atoms with van der Waals surface area (Å²) in [5, 5.41) is 10.1. The molecule has 227 valence electrons. The van der Waals surface area contributed by atoms with Gasteiger partial charge in [0.05, 0.1) is 6.23 Å². The van der Waals surface area contributed by atoms with Crippen LogP contribution >= 0.6 is 23.5 Å². The van der Waals surface area contributed by atoms with Crippen molar-refractivity contribution in [3.05, 3.63) is 70.2 Å². The van der Waals surface area contributed by atoms with Crippen molar-refractivity contribution in [3.63, 3.8) is 0 Å². The highest BCUT2D eigenvalue weighted by Gasteiger charge is 2.29. The highest BCUT2D eigenvalue weighted by Crippen LogP contribution is 2.30. The third kappa shape index (κ3) is 10.3. The lowest BCUT2D eigenvalue weighted by Gasteiger charge is -2.27. The van der Waals surface area contributed by atoms with Crippen LogP contribution in [-0.2, 0) is 33.8 Å². The minimum atomic E-state index is -1.71. The highest BCUT2D eigenvalue weighted by molar-refractivity contribution is 7.99. The van der Waals surface area contributed by atoms with Gasteiger partial charge in [-0.25, -0.2) is 4.79 Å². The van der Waals surface area contributed by atoms with Crippen molar-refractivity contribution in [1.29, 1.82) is 0 Å². The Hall–Kier alpha value is -2.53. The monoisotopic (exact) mass is 630 g/mol. The molecule has 42 heavy (non-hydrogen) atoms. The van der Waals surface area contributed by atoms with E-state index in [4.69, 9.17) is 16.3 Å². The zero-order chi connectivity index (χ0) is 29.7. The molecule has 1 atom stereocenters. The fourth-order valence-corrected chi connectivity index (χ4v) is 8.18. The lowest BCUT2D eigenvalue weighted by molar-refractivity contribution is -0.130. The molecule has 2 aliphatic rings. The van der Waals surface area contributed by atoms with Gasteiger partial charge >= 0.3 is 6.09 Å². The Morgan fingerprint density at radius 2 is 1.76 bits per heavy atom. The van der Waals surface area contributed by atoms with Crippen LogP contribution in [0.1, 0.15) is 61.6 Å². The summed E-state index contributed by atoms with van der Waals surface area (Å²) in [6.45, 7) is 1.44. The summed E-state index contributed by atoms with van der Waals surface area (Å²) in [6.07, 6.45) is 7.45. The first-order chi connectivity index (χ1) is 20.4. The molecule has 2 aromatic carbocycles. The van der Waals surface area contributed by atoms with Gasteiger partial charge in [0.2, 0.25) is 11.8 Å². The third-order valence-corrected chi connectivity index (χ3v) is 11.1. The molecule has 1 radical (unpaired) electrons. The minimum absolute atomic E-state index is 0.0604. The van der Waals surface area contributed by atoms with Crippen molar-refractivity contribution in [2.45, 2.75) is 75.7 Å². The molecule has 0 saturated heterocycles. The fourth-order valence-electron chi connectivity index (χ4n) is 5.63. The molecule has 8 nitrogen and oxygen atoms in total. The van der Waals surface area contributed by atoms with E-state index in [-0.39, 0.29) is 24.7 Å². The number of carbonyl (C=O) groups is 3. The van der Waals surface area contributed by atoms with E-state index in [1.165, 1.54) is 17.5 Å². The maximum Gasteiger partial charge on any atom is 0.417 e. The van der Waals surface area contributed by atoms with Gasteiger partial charge in [-0.2, -0.15) is 0 Å². The molecule has 1 aliphatic carbocycles. The quantitative estimate of drug-likeness (QED) is 0.220. The smallest absolute Gasteiger partial charge is 0.417 e. The molecule has 1 heterocycles. The Morgan fingerprint density at radius 3 is 2.43 bits per heavy atom. The normalized spacial score (nSPS) is 16.3. The number of ether oxygens (including phenoxy) is 1. The molecular formula is C31H41ClN3O5SSi. The van der Waals surface area contributed by atoms with E-state index in [1.807, 2.05) is 23.1 Å². The van der Waals surface area contributed by atoms with Gasteiger partial charge in [0, 0.05) is 24.5 Å². The molecule has 0 unspecified atom stereocenters. The van der Waals surface area contributed by atoms with E-state index >= 15 is 0 Å². The Kier molecular flexibility index (Phi) is 13.1. The van der Waals surface area contributed by atoms with E-state index in [1.54, 1.807) is 18.2 Å². The molecule has 1 saturated carbocycles. The van der Waals surface area contributed by atoms with Crippen LogP contribution in [0.5, 0.6) is 0 Å². The van der Waals surface area contributed by atoms with Crippen LogP contribution in [0, 0.1) is 5.92 Å². The Balaban J connectivity index is 1.27. The van der Waals surface area contributed by atoms with Gasteiger partial charge in [0.1, 0.15) is 11.9 Å². The zero-order valence-corrected chi connectivity index (χ0v) is 26.6. The van der Waals surface area contributed by atoms with E-state index in [0.29, 0.717) is 42.9 Å². The molecule has 0 aromatic heterocycles. The maximum absolute atomic E-state index is 13.4. The minimum Gasteiger partial charge on any atom is -0.444 e. The van der Waals surface area contributed by atoms with Crippen LogP contribution in [0.4, 0.5) is 4.79 Å². The van der Waals surface area contributed by atoms with Crippen LogP contribution in [0.15, 0.2) is 48.5 Å². The van der Waals surface area contributed by atoms with Gasteiger partial charge in [-0.05, 0) is 72.0 Å². The van der Waals surface area contributed by atoms with Gasteiger partial charge in [-0.1, -0.05) is 80.1 Å². The van der Waals surface area contributed by atoms with Crippen molar-refractivity contribution in [1.82, 2.24) is 14.6 Å². The first-order valence-corrected chi connectivity index (χ1v) is 18.0. The van der Waals surface area contributed by atoms with E-state index in [2.05, 4.69) is 21.8 Å². The number of hydrogen-bond acceptors (Lipinski definition) is 6. The second-order valence-electron chi connectivity index (χ2n) is 11.1. The summed E-state index contributed by atoms with van der Waals surface area (Å²) in [6, 6.07) is 15.9. The van der Waals surface area contributed by atoms with Gasteiger partial charge in [-0.3, -0.25) is 14.3 Å². The number of carbonyl (C=O) groups excluding carboxylic acids is 3. The van der Waals surface area contributed by atoms with Crippen LogP contribution in [0.2, 0.25) is 11.1 Å². The maximum atomic E-state index is 13.4. The second-order valence-corrected chi connectivity index (χ2v) is 14.8. The van der Waals surface area contributed by atoms with Crippen LogP contribution in [0.25, 0.3) is 0 Å². The molecule has 0 bridgehead atoms. The number of fused-ring (bicyclic) bond motifs is 1. The zero-order valence-electron chi connectivity index (χ0n) is 24.0. The molecule has 11 heteroatoms. The first kappa shape index (κ1) is 32.4. The number of nitrogens with one attached hydrogen (secondary N) is 2. The molecule has 4 rings (SSSR count). The van der Waals surface area contributed by atoms with Gasteiger partial charge < -0.3 is 19.7 Å². The predicted molar refractivity (Wildman–Crippen MR) is 168 cm³/mol. The van der Waals surface area contributed by atoms with E-state index in [9.17, 15) is 19.5 Å². The number of aliphatic hydroxyl groups is 1. The first-order valence-electron chi connectivity index (χ1n) is 14.8. The molecule has 1 fully saturated rings. The van der Waals surface area contributed by atoms with Crippen molar-refractivity contribution in [2.24, 2.45) is 5.92 Å². The topological polar surface area (TPSA) is 108 Å². The molecule has 2 aromatic rings. The Morgan fingerprint density at radius 1 is 1.05 bits per heavy atom. The molecule has 0 spiro atoms. The number of benzene rings is 2. The summed E-state index contributed by atoms with van der Waals surface area (Å²) in [5.41, 5.74) is 3.36. The van der Waals surface area contributed by atoms with Crippen LogP contribution in [-0.4, -0.2) is 61.4 Å². The number of halogens is 1. The number of rotatable bonds is 12. The summed E-state index contributed by atoms with van der Waals surface area (Å²) < 4.78 is 8.01. The van der Waals surface area contributed by atoms with Crippen molar-refractivity contribution in [3.8, 4) is 0 Å². The molecule has 1 aliphatic heterocycles. The molecular weight excluding hydrogens is 590 g/mol. The van der Waals surface area contributed by atoms with Gasteiger partial charge in [0.15, 0.2) is 8.96 Å². The predicted octanol–water partition coefficient (Wildman–Crippen LogP) is 5.21. The Bertz CT molecular complexity index is 1170. The number of amides is 3. The van der Waals surface area contributed by atoms with Crippen molar-refractivity contribution >= 4 is 50.4 Å². The number of hydrogen-bond donors (Lipinski definition) is 3. The van der Waals surface area contributed by atoms with Crippen molar-refractivity contribution < 1.29 is 24.2 Å². The summed E-state index contributed by atoms with van der Waals surface area (Å²) in [7, 11) is -1.71.